The van der Waals surface area contributed by atoms with Crippen LogP contribution in [0.2, 0.25) is 5.15 Å². The van der Waals surface area contributed by atoms with Gasteiger partial charge in [-0.2, -0.15) is 0 Å². The maximum Gasteiger partial charge on any atom is 0.136 e. The highest BCUT2D eigenvalue weighted by atomic mass is 35.5. The molecule has 1 aromatic heterocycles. The molecule has 0 N–H and O–H groups in total. The van der Waals surface area contributed by atoms with Crippen LogP contribution in [0.4, 0.5) is 8.78 Å². The Balaban J connectivity index is 2.20. The predicted molar refractivity (Wildman–Crippen MR) is 69.1 cm³/mol. The van der Waals surface area contributed by atoms with Crippen molar-refractivity contribution in [3.63, 3.8) is 0 Å². The molecule has 1 heterocycles. The van der Waals surface area contributed by atoms with E-state index in [-0.39, 0.29) is 5.56 Å². The summed E-state index contributed by atoms with van der Waals surface area (Å²) in [5.74, 6) is -0.0951. The number of rotatable bonds is 2. The Morgan fingerprint density at radius 3 is 2.63 bits per heavy atom. The van der Waals surface area contributed by atoms with Crippen LogP contribution in [0.15, 0.2) is 18.2 Å². The van der Waals surface area contributed by atoms with Gasteiger partial charge < -0.3 is 0 Å². The zero-order chi connectivity index (χ0) is 13.6. The molecular formula is C14H11ClF2N2. The van der Waals surface area contributed by atoms with Crippen LogP contribution < -0.4 is 0 Å². The fourth-order valence-corrected chi connectivity index (χ4v) is 2.15. The Morgan fingerprint density at radius 2 is 1.95 bits per heavy atom. The molecule has 2 nitrogen and oxygen atoms in total. The van der Waals surface area contributed by atoms with Crippen molar-refractivity contribution >= 4 is 11.6 Å². The predicted octanol–water partition coefficient (Wildman–Crippen LogP) is 4.26. The standard InChI is InChI=1S/C14H11ClF2N2/c1-7-12(10-6-9(16)4-5-11(10)17)18-14(8-2-3-8)19-13(7)15/h4-6,8H,2-3H2,1H3. The van der Waals surface area contributed by atoms with Gasteiger partial charge in [-0.05, 0) is 38.0 Å². The molecule has 2 aromatic rings. The highest BCUT2D eigenvalue weighted by Crippen LogP contribution is 2.40. The van der Waals surface area contributed by atoms with E-state index in [1.54, 1.807) is 6.92 Å². The molecule has 5 heteroatoms. The van der Waals surface area contributed by atoms with Crippen molar-refractivity contribution in [2.45, 2.75) is 25.7 Å². The fraction of sp³-hybridized carbons (Fsp3) is 0.286. The lowest BCUT2D eigenvalue weighted by atomic mass is 10.1. The van der Waals surface area contributed by atoms with Gasteiger partial charge in [-0.15, -0.1) is 0 Å². The molecule has 0 saturated heterocycles. The first-order chi connectivity index (χ1) is 9.06. The van der Waals surface area contributed by atoms with Crippen LogP contribution in [0.1, 0.15) is 30.1 Å². The van der Waals surface area contributed by atoms with Crippen molar-refractivity contribution in [2.75, 3.05) is 0 Å². The summed E-state index contributed by atoms with van der Waals surface area (Å²) in [6.45, 7) is 1.71. The Hall–Kier alpha value is -1.55. The van der Waals surface area contributed by atoms with E-state index in [2.05, 4.69) is 9.97 Å². The average Bonchev–Trinajstić information content (AvgIpc) is 3.20. The SMILES string of the molecule is Cc1c(Cl)nc(C2CC2)nc1-c1cc(F)ccc1F. The molecule has 0 unspecified atom stereocenters. The van der Waals surface area contributed by atoms with Gasteiger partial charge in [0.15, 0.2) is 0 Å². The Bertz CT molecular complexity index is 654. The maximum atomic E-state index is 13.8. The lowest BCUT2D eigenvalue weighted by Gasteiger charge is -2.10. The molecule has 0 bridgehead atoms. The van der Waals surface area contributed by atoms with Crippen LogP contribution in [0, 0.1) is 18.6 Å². The highest BCUT2D eigenvalue weighted by Gasteiger charge is 2.28. The van der Waals surface area contributed by atoms with Crippen molar-refractivity contribution in [2.24, 2.45) is 0 Å². The molecule has 1 aromatic carbocycles. The molecule has 0 atom stereocenters. The third-order valence-electron chi connectivity index (χ3n) is 3.23. The van der Waals surface area contributed by atoms with Crippen LogP contribution in [-0.4, -0.2) is 9.97 Å². The Morgan fingerprint density at radius 1 is 1.21 bits per heavy atom. The minimum absolute atomic E-state index is 0.128. The summed E-state index contributed by atoms with van der Waals surface area (Å²) in [6, 6.07) is 3.31. The summed E-state index contributed by atoms with van der Waals surface area (Å²) in [4.78, 5) is 8.58. The van der Waals surface area contributed by atoms with Gasteiger partial charge in [0, 0.05) is 17.0 Å². The number of halogens is 3. The minimum Gasteiger partial charge on any atom is -0.232 e. The zero-order valence-corrected chi connectivity index (χ0v) is 11.0. The summed E-state index contributed by atoms with van der Waals surface area (Å²) >= 11 is 6.07. The molecule has 0 aliphatic heterocycles. The number of nitrogens with zero attached hydrogens (tertiary/aromatic N) is 2. The number of hydrogen-bond donors (Lipinski definition) is 0. The van der Waals surface area contributed by atoms with Crippen molar-refractivity contribution < 1.29 is 8.78 Å². The van der Waals surface area contributed by atoms with Crippen LogP contribution >= 0.6 is 11.6 Å². The topological polar surface area (TPSA) is 25.8 Å². The lowest BCUT2D eigenvalue weighted by Crippen LogP contribution is -2.01. The molecule has 1 fully saturated rings. The van der Waals surface area contributed by atoms with E-state index in [0.29, 0.717) is 28.2 Å². The summed E-state index contributed by atoms with van der Waals surface area (Å²) in [5, 5.41) is 0.301. The summed E-state index contributed by atoms with van der Waals surface area (Å²) in [7, 11) is 0. The Labute approximate surface area is 114 Å². The van der Waals surface area contributed by atoms with Crippen molar-refractivity contribution in [3.05, 3.63) is 46.4 Å². The number of aromatic nitrogens is 2. The molecule has 0 amide bonds. The zero-order valence-electron chi connectivity index (χ0n) is 10.3. The average molecular weight is 281 g/mol. The van der Waals surface area contributed by atoms with Crippen LogP contribution in [0.25, 0.3) is 11.3 Å². The normalized spacial score (nSPS) is 14.7. The van der Waals surface area contributed by atoms with Gasteiger partial charge in [0.25, 0.3) is 0 Å². The second-order valence-electron chi connectivity index (χ2n) is 4.74. The van der Waals surface area contributed by atoms with E-state index in [4.69, 9.17) is 11.6 Å². The van der Waals surface area contributed by atoms with Gasteiger partial charge in [0.2, 0.25) is 0 Å². The minimum atomic E-state index is -0.513. The molecule has 1 aliphatic carbocycles. The van der Waals surface area contributed by atoms with Gasteiger partial charge in [-0.3, -0.25) is 0 Å². The van der Waals surface area contributed by atoms with Crippen molar-refractivity contribution in [1.82, 2.24) is 9.97 Å². The van der Waals surface area contributed by atoms with Gasteiger partial charge in [-0.25, -0.2) is 18.7 Å². The van der Waals surface area contributed by atoms with E-state index in [1.165, 1.54) is 0 Å². The molecule has 3 rings (SSSR count). The summed E-state index contributed by atoms with van der Waals surface area (Å²) < 4.78 is 27.1. The van der Waals surface area contributed by atoms with Gasteiger partial charge in [0.05, 0.1) is 5.69 Å². The second kappa shape index (κ2) is 4.53. The van der Waals surface area contributed by atoms with Crippen molar-refractivity contribution in [3.8, 4) is 11.3 Å². The summed E-state index contributed by atoms with van der Waals surface area (Å²) in [5.41, 5.74) is 1.07. The first kappa shape index (κ1) is 12.5. The van der Waals surface area contributed by atoms with Gasteiger partial charge in [0.1, 0.15) is 22.6 Å². The molecule has 1 saturated carbocycles. The third-order valence-corrected chi connectivity index (χ3v) is 3.60. The molecule has 19 heavy (non-hydrogen) atoms. The van der Waals surface area contributed by atoms with Crippen molar-refractivity contribution in [1.29, 1.82) is 0 Å². The molecular weight excluding hydrogens is 270 g/mol. The smallest absolute Gasteiger partial charge is 0.136 e. The van der Waals surface area contributed by atoms with Gasteiger partial charge in [-0.1, -0.05) is 11.6 Å². The maximum absolute atomic E-state index is 13.8. The Kier molecular flexibility index (Phi) is 2.97. The highest BCUT2D eigenvalue weighted by molar-refractivity contribution is 6.30. The van der Waals surface area contributed by atoms with E-state index in [1.807, 2.05) is 0 Å². The van der Waals surface area contributed by atoms with E-state index < -0.39 is 11.6 Å². The molecule has 1 aliphatic rings. The van der Waals surface area contributed by atoms with Crippen LogP contribution in [-0.2, 0) is 0 Å². The molecule has 0 spiro atoms. The first-order valence-corrected chi connectivity index (χ1v) is 6.43. The van der Waals surface area contributed by atoms with E-state index >= 15 is 0 Å². The fourth-order valence-electron chi connectivity index (χ4n) is 1.97. The van der Waals surface area contributed by atoms with Gasteiger partial charge >= 0.3 is 0 Å². The molecule has 98 valence electrons. The van der Waals surface area contributed by atoms with E-state index in [9.17, 15) is 8.78 Å². The molecule has 0 radical (unpaired) electrons. The summed E-state index contributed by atoms with van der Waals surface area (Å²) in [6.07, 6.45) is 2.04. The largest absolute Gasteiger partial charge is 0.232 e. The first-order valence-electron chi connectivity index (χ1n) is 6.05. The quantitative estimate of drug-likeness (QED) is 0.768. The number of hydrogen-bond acceptors (Lipinski definition) is 2. The second-order valence-corrected chi connectivity index (χ2v) is 5.10. The number of benzene rings is 1. The monoisotopic (exact) mass is 280 g/mol. The lowest BCUT2D eigenvalue weighted by molar-refractivity contribution is 0.602. The van der Waals surface area contributed by atoms with Crippen LogP contribution in [0.5, 0.6) is 0 Å². The van der Waals surface area contributed by atoms with E-state index in [0.717, 1.165) is 31.0 Å². The van der Waals surface area contributed by atoms with Crippen LogP contribution in [0.3, 0.4) is 0 Å². The third kappa shape index (κ3) is 2.32.